The molecule has 4 aromatic rings. The van der Waals surface area contributed by atoms with E-state index in [1.807, 2.05) is 48.5 Å². The molecule has 0 bridgehead atoms. The molecule has 2 aromatic carbocycles. The van der Waals surface area contributed by atoms with E-state index in [0.717, 1.165) is 16.6 Å². The van der Waals surface area contributed by atoms with Gasteiger partial charge in [0, 0.05) is 5.39 Å². The van der Waals surface area contributed by atoms with Crippen molar-refractivity contribution in [1.82, 2.24) is 19.6 Å². The highest BCUT2D eigenvalue weighted by Crippen LogP contribution is 2.26. The molecule has 0 saturated carbocycles. The Balaban J connectivity index is 1.72. The van der Waals surface area contributed by atoms with Crippen LogP contribution in [0.15, 0.2) is 48.5 Å². The first kappa shape index (κ1) is 14.6. The number of fused-ring (bicyclic) bond motifs is 3. The minimum Gasteiger partial charge on any atom is -0.493 e. The highest BCUT2D eigenvalue weighted by atomic mass is 32.1. The smallest absolute Gasteiger partial charge is 0.221 e. The van der Waals surface area contributed by atoms with Gasteiger partial charge in [0.1, 0.15) is 6.61 Å². The highest BCUT2D eigenvalue weighted by molar-refractivity contribution is 7.71. The van der Waals surface area contributed by atoms with Gasteiger partial charge in [-0.25, -0.2) is 14.5 Å². The second-order valence-corrected chi connectivity index (χ2v) is 5.55. The van der Waals surface area contributed by atoms with Gasteiger partial charge in [-0.1, -0.05) is 24.3 Å². The first-order valence-corrected chi connectivity index (χ1v) is 7.79. The molecule has 1 N–H and O–H groups in total. The normalized spacial score (nSPS) is 11.0. The van der Waals surface area contributed by atoms with Crippen LogP contribution in [0, 0.1) is 4.77 Å². The average molecular weight is 338 g/mol. The van der Waals surface area contributed by atoms with E-state index in [0.29, 0.717) is 22.1 Å². The van der Waals surface area contributed by atoms with Crippen LogP contribution in [0.5, 0.6) is 11.5 Å². The number of para-hydroxylation sites is 3. The Bertz CT molecular complexity index is 1090. The van der Waals surface area contributed by atoms with Gasteiger partial charge < -0.3 is 9.47 Å². The number of rotatable bonds is 4. The van der Waals surface area contributed by atoms with E-state index in [1.54, 1.807) is 11.6 Å². The van der Waals surface area contributed by atoms with Crippen molar-refractivity contribution in [3.05, 3.63) is 59.1 Å². The fraction of sp³-hybridized carbons (Fsp3) is 0.118. The van der Waals surface area contributed by atoms with Crippen LogP contribution in [0.4, 0.5) is 0 Å². The van der Waals surface area contributed by atoms with Gasteiger partial charge in [0.15, 0.2) is 23.0 Å². The second-order valence-electron chi connectivity index (χ2n) is 5.18. The van der Waals surface area contributed by atoms with Crippen LogP contribution in [-0.4, -0.2) is 26.7 Å². The average Bonchev–Trinajstić information content (AvgIpc) is 3.05. The van der Waals surface area contributed by atoms with Crippen LogP contribution in [0.3, 0.4) is 0 Å². The van der Waals surface area contributed by atoms with Crippen LogP contribution >= 0.6 is 12.2 Å². The Morgan fingerprint density at radius 2 is 1.79 bits per heavy atom. The van der Waals surface area contributed by atoms with Crippen molar-refractivity contribution in [1.29, 1.82) is 0 Å². The third-order valence-electron chi connectivity index (χ3n) is 3.68. The second kappa shape index (κ2) is 5.93. The zero-order chi connectivity index (χ0) is 16.5. The number of nitrogens with zero attached hydrogens (tertiary/aromatic N) is 3. The summed E-state index contributed by atoms with van der Waals surface area (Å²) in [6.07, 6.45) is 0. The van der Waals surface area contributed by atoms with Gasteiger partial charge in [-0.15, -0.1) is 0 Å². The van der Waals surface area contributed by atoms with Crippen molar-refractivity contribution in [2.45, 2.75) is 6.61 Å². The first-order valence-electron chi connectivity index (χ1n) is 7.38. The fourth-order valence-corrected chi connectivity index (χ4v) is 2.80. The maximum absolute atomic E-state index is 5.81. The summed E-state index contributed by atoms with van der Waals surface area (Å²) >= 11 is 5.33. The molecule has 0 atom stereocenters. The van der Waals surface area contributed by atoms with Crippen molar-refractivity contribution < 1.29 is 9.47 Å². The number of aromatic nitrogens is 4. The van der Waals surface area contributed by atoms with Crippen molar-refractivity contribution >= 4 is 28.8 Å². The molecule has 0 aliphatic rings. The van der Waals surface area contributed by atoms with E-state index in [9.17, 15) is 0 Å². The minimum absolute atomic E-state index is 0.269. The Morgan fingerprint density at radius 3 is 2.62 bits per heavy atom. The molecule has 0 spiro atoms. The number of ether oxygens (including phenoxy) is 2. The standard InChI is InChI=1S/C17H14N4O2S/c1-22-13-8-4-5-9-14(13)23-10-15-19-16-11-6-2-3-7-12(11)18-17(24)21(16)20-15/h2-9H,10H2,1H3,(H,19,20). The summed E-state index contributed by atoms with van der Waals surface area (Å²) in [6, 6.07) is 15.3. The van der Waals surface area contributed by atoms with Gasteiger partial charge in [0.2, 0.25) is 4.77 Å². The number of H-pyrrole nitrogens is 1. The molecule has 24 heavy (non-hydrogen) atoms. The summed E-state index contributed by atoms with van der Waals surface area (Å²) in [6.45, 7) is 0.269. The summed E-state index contributed by atoms with van der Waals surface area (Å²) in [4.78, 5) is 9.02. The highest BCUT2D eigenvalue weighted by Gasteiger charge is 2.10. The molecule has 120 valence electrons. The molecule has 2 aromatic heterocycles. The molecular weight excluding hydrogens is 324 g/mol. The van der Waals surface area contributed by atoms with E-state index in [2.05, 4.69) is 15.1 Å². The lowest BCUT2D eigenvalue weighted by molar-refractivity contribution is 0.276. The topological polar surface area (TPSA) is 64.4 Å². The molecule has 0 amide bonds. The Labute approximate surface area is 142 Å². The molecule has 0 aliphatic heterocycles. The van der Waals surface area contributed by atoms with Crippen LogP contribution in [0.2, 0.25) is 0 Å². The van der Waals surface area contributed by atoms with Crippen LogP contribution in [0.1, 0.15) is 5.82 Å². The summed E-state index contributed by atoms with van der Waals surface area (Å²) in [5.41, 5.74) is 1.57. The maximum atomic E-state index is 5.81. The molecule has 7 heteroatoms. The lowest BCUT2D eigenvalue weighted by Gasteiger charge is -2.08. The van der Waals surface area contributed by atoms with Crippen molar-refractivity contribution in [2.24, 2.45) is 0 Å². The van der Waals surface area contributed by atoms with Gasteiger partial charge >= 0.3 is 0 Å². The lowest BCUT2D eigenvalue weighted by atomic mass is 10.2. The maximum Gasteiger partial charge on any atom is 0.221 e. The van der Waals surface area contributed by atoms with Crippen molar-refractivity contribution in [2.75, 3.05) is 7.11 Å². The van der Waals surface area contributed by atoms with Crippen LogP contribution in [0.25, 0.3) is 16.6 Å². The van der Waals surface area contributed by atoms with Gasteiger partial charge in [-0.2, -0.15) is 0 Å². The summed E-state index contributed by atoms with van der Waals surface area (Å²) in [5.74, 6) is 1.99. The van der Waals surface area contributed by atoms with Gasteiger partial charge in [0.05, 0.1) is 12.6 Å². The molecule has 6 nitrogen and oxygen atoms in total. The Hall–Kier alpha value is -2.93. The number of hydrogen-bond donors (Lipinski definition) is 1. The van der Waals surface area contributed by atoms with E-state index >= 15 is 0 Å². The predicted octanol–water partition coefficient (Wildman–Crippen LogP) is 3.53. The van der Waals surface area contributed by atoms with Gasteiger partial charge in [-0.3, -0.25) is 5.10 Å². The largest absolute Gasteiger partial charge is 0.493 e. The zero-order valence-electron chi connectivity index (χ0n) is 12.9. The van der Waals surface area contributed by atoms with Gasteiger partial charge in [0.25, 0.3) is 0 Å². The van der Waals surface area contributed by atoms with Crippen molar-refractivity contribution in [3.63, 3.8) is 0 Å². The number of methoxy groups -OCH3 is 1. The third-order valence-corrected chi connectivity index (χ3v) is 3.95. The molecule has 0 aliphatic carbocycles. The Morgan fingerprint density at radius 1 is 1.04 bits per heavy atom. The predicted molar refractivity (Wildman–Crippen MR) is 93.0 cm³/mol. The van der Waals surface area contributed by atoms with Crippen molar-refractivity contribution in [3.8, 4) is 11.5 Å². The van der Waals surface area contributed by atoms with E-state index < -0.39 is 0 Å². The third kappa shape index (κ3) is 2.48. The fourth-order valence-electron chi connectivity index (χ4n) is 2.57. The molecule has 0 unspecified atom stereocenters. The first-order chi connectivity index (χ1) is 11.8. The summed E-state index contributed by atoms with van der Waals surface area (Å²) in [7, 11) is 1.61. The Kier molecular flexibility index (Phi) is 3.62. The number of benzene rings is 2. The monoisotopic (exact) mass is 338 g/mol. The molecule has 0 fully saturated rings. The zero-order valence-corrected chi connectivity index (χ0v) is 13.7. The quantitative estimate of drug-likeness (QED) is 0.577. The molecule has 2 heterocycles. The van der Waals surface area contributed by atoms with Gasteiger partial charge in [-0.05, 0) is 36.5 Å². The number of hydrogen-bond acceptors (Lipinski definition) is 5. The van der Waals surface area contributed by atoms with E-state index in [-0.39, 0.29) is 6.61 Å². The molecule has 0 saturated heterocycles. The SMILES string of the molecule is COc1ccccc1OCc1nc2c3ccccc3nc(=S)n2[nH]1. The van der Waals surface area contributed by atoms with E-state index in [4.69, 9.17) is 21.7 Å². The number of aromatic amines is 1. The van der Waals surface area contributed by atoms with Crippen LogP contribution in [-0.2, 0) is 6.61 Å². The van der Waals surface area contributed by atoms with E-state index in [1.165, 1.54) is 0 Å². The summed E-state index contributed by atoms with van der Waals surface area (Å²) < 4.78 is 13.2. The molecular formula is C17H14N4O2S. The van der Waals surface area contributed by atoms with Crippen LogP contribution < -0.4 is 9.47 Å². The lowest BCUT2D eigenvalue weighted by Crippen LogP contribution is -2.00. The summed E-state index contributed by atoms with van der Waals surface area (Å²) in [5, 5.41) is 4.07. The number of nitrogens with one attached hydrogen (secondary N) is 1. The molecule has 0 radical (unpaired) electrons. The molecule has 4 rings (SSSR count). The minimum atomic E-state index is 0.269.